The minimum absolute atomic E-state index is 0. The molecule has 4 nitrogen and oxygen atoms in total. The van der Waals surface area contributed by atoms with Gasteiger partial charge < -0.3 is 14.8 Å². The van der Waals surface area contributed by atoms with Crippen molar-refractivity contribution in [1.82, 2.24) is 10.2 Å². The molecule has 1 saturated heterocycles. The Labute approximate surface area is 159 Å². The number of unbranched alkanes of at least 4 members (excludes halogenated alkanes) is 2. The molecule has 0 aliphatic carbocycles. The van der Waals surface area contributed by atoms with E-state index in [2.05, 4.69) is 35.3 Å². The first kappa shape index (κ1) is 23.5. The molecule has 1 aromatic carbocycles. The van der Waals surface area contributed by atoms with Gasteiger partial charge in [0, 0.05) is 31.7 Å². The van der Waals surface area contributed by atoms with E-state index in [4.69, 9.17) is 9.47 Å². The molecule has 1 aromatic rings. The van der Waals surface area contributed by atoms with Gasteiger partial charge in [0.05, 0.1) is 20.3 Å². The van der Waals surface area contributed by atoms with Crippen LogP contribution in [0.3, 0.4) is 0 Å². The molecule has 1 N–H and O–H groups in total. The molecule has 24 heavy (non-hydrogen) atoms. The maximum Gasteiger partial charge on any atom is 0.123 e. The zero-order valence-corrected chi connectivity index (χ0v) is 16.5. The fraction of sp³-hybridized carbons (Fsp3) is 0.667. The molecule has 0 atom stereocenters. The van der Waals surface area contributed by atoms with Gasteiger partial charge in [-0.3, -0.25) is 4.90 Å². The number of morpholine rings is 1. The van der Waals surface area contributed by atoms with E-state index in [-0.39, 0.29) is 24.8 Å². The van der Waals surface area contributed by atoms with Crippen LogP contribution in [0.15, 0.2) is 18.2 Å². The molecular formula is C18H32Cl2N2O2. The summed E-state index contributed by atoms with van der Waals surface area (Å²) in [5.74, 6) is 0.987. The van der Waals surface area contributed by atoms with E-state index in [1.54, 1.807) is 7.11 Å². The minimum Gasteiger partial charge on any atom is -0.496 e. The van der Waals surface area contributed by atoms with Crippen LogP contribution in [0.25, 0.3) is 0 Å². The van der Waals surface area contributed by atoms with Crippen LogP contribution in [0, 0.1) is 0 Å². The third-order valence-electron chi connectivity index (χ3n) is 4.13. The molecule has 140 valence electrons. The number of hydrogen-bond donors (Lipinski definition) is 1. The molecule has 1 fully saturated rings. The zero-order valence-electron chi connectivity index (χ0n) is 14.9. The quantitative estimate of drug-likeness (QED) is 0.664. The number of ether oxygens (including phenoxy) is 2. The summed E-state index contributed by atoms with van der Waals surface area (Å²) in [5, 5.41) is 3.53. The Morgan fingerprint density at radius 1 is 1.17 bits per heavy atom. The second kappa shape index (κ2) is 13.7. The van der Waals surface area contributed by atoms with E-state index >= 15 is 0 Å². The van der Waals surface area contributed by atoms with E-state index in [9.17, 15) is 0 Å². The van der Waals surface area contributed by atoms with Gasteiger partial charge in [-0.15, -0.1) is 24.8 Å². The number of methoxy groups -OCH3 is 1. The normalized spacial score (nSPS) is 14.6. The SMILES string of the molecule is CCCCCNCc1ccc(OC)c(CN2CCOCC2)c1.Cl.Cl. The molecule has 0 amide bonds. The molecule has 1 aliphatic rings. The molecule has 0 radical (unpaired) electrons. The van der Waals surface area contributed by atoms with Crippen LogP contribution in [0.1, 0.15) is 37.3 Å². The Kier molecular flexibility index (Phi) is 13.4. The summed E-state index contributed by atoms with van der Waals surface area (Å²) in [7, 11) is 1.75. The predicted octanol–water partition coefficient (Wildman–Crippen LogP) is 3.65. The molecule has 1 aliphatic heterocycles. The van der Waals surface area contributed by atoms with Gasteiger partial charge in [-0.05, 0) is 30.7 Å². The summed E-state index contributed by atoms with van der Waals surface area (Å²) < 4.78 is 10.9. The maximum absolute atomic E-state index is 5.52. The molecule has 2 rings (SSSR count). The summed E-state index contributed by atoms with van der Waals surface area (Å²) in [6, 6.07) is 6.54. The second-order valence-corrected chi connectivity index (χ2v) is 5.92. The monoisotopic (exact) mass is 378 g/mol. The van der Waals surface area contributed by atoms with Crippen molar-refractivity contribution in [2.45, 2.75) is 39.3 Å². The Balaban J connectivity index is 0.00000264. The van der Waals surface area contributed by atoms with E-state index in [1.807, 2.05) is 0 Å². The number of hydrogen-bond acceptors (Lipinski definition) is 4. The van der Waals surface area contributed by atoms with Gasteiger partial charge in [0.15, 0.2) is 0 Å². The lowest BCUT2D eigenvalue weighted by molar-refractivity contribution is 0.0339. The Hall–Kier alpha value is -0.520. The molecular weight excluding hydrogens is 347 g/mol. The van der Waals surface area contributed by atoms with Crippen molar-refractivity contribution in [1.29, 1.82) is 0 Å². The third-order valence-corrected chi connectivity index (χ3v) is 4.13. The predicted molar refractivity (Wildman–Crippen MR) is 105 cm³/mol. The summed E-state index contributed by atoms with van der Waals surface area (Å²) in [6.45, 7) is 8.88. The van der Waals surface area contributed by atoms with Crippen LogP contribution >= 0.6 is 24.8 Å². The number of benzene rings is 1. The second-order valence-electron chi connectivity index (χ2n) is 5.92. The minimum atomic E-state index is 0. The first-order valence-electron chi connectivity index (χ1n) is 8.50. The highest BCUT2D eigenvalue weighted by Crippen LogP contribution is 2.22. The molecule has 6 heteroatoms. The number of nitrogens with zero attached hydrogens (tertiary/aromatic N) is 1. The highest BCUT2D eigenvalue weighted by atomic mass is 35.5. The van der Waals surface area contributed by atoms with E-state index in [0.717, 1.165) is 51.7 Å². The van der Waals surface area contributed by atoms with Gasteiger partial charge in [-0.1, -0.05) is 25.8 Å². The van der Waals surface area contributed by atoms with E-state index < -0.39 is 0 Å². The average Bonchev–Trinajstić information content (AvgIpc) is 2.56. The van der Waals surface area contributed by atoms with Crippen molar-refractivity contribution in [3.63, 3.8) is 0 Å². The smallest absolute Gasteiger partial charge is 0.123 e. The summed E-state index contributed by atoms with van der Waals surface area (Å²) in [5.41, 5.74) is 2.61. The van der Waals surface area contributed by atoms with Crippen molar-refractivity contribution >= 4 is 24.8 Å². The van der Waals surface area contributed by atoms with E-state index in [1.165, 1.54) is 30.4 Å². The lowest BCUT2D eigenvalue weighted by atomic mass is 10.1. The standard InChI is InChI=1S/C18H30N2O2.2ClH/c1-3-4-5-8-19-14-16-6-7-18(21-2)17(13-16)15-20-9-11-22-12-10-20;;/h6-7,13,19H,3-5,8-12,14-15H2,1-2H3;2*1H. The molecule has 1 heterocycles. The molecule has 0 bridgehead atoms. The maximum atomic E-state index is 5.52. The molecule has 0 aromatic heterocycles. The molecule has 0 spiro atoms. The summed E-state index contributed by atoms with van der Waals surface area (Å²) in [4.78, 5) is 2.43. The fourth-order valence-electron chi connectivity index (χ4n) is 2.80. The topological polar surface area (TPSA) is 33.7 Å². The van der Waals surface area contributed by atoms with Crippen molar-refractivity contribution in [2.24, 2.45) is 0 Å². The Morgan fingerprint density at radius 3 is 2.58 bits per heavy atom. The summed E-state index contributed by atoms with van der Waals surface area (Å²) >= 11 is 0. The van der Waals surface area contributed by atoms with Crippen molar-refractivity contribution < 1.29 is 9.47 Å². The van der Waals surface area contributed by atoms with Gasteiger partial charge in [-0.2, -0.15) is 0 Å². The fourth-order valence-corrected chi connectivity index (χ4v) is 2.80. The van der Waals surface area contributed by atoms with Crippen LogP contribution in [0.4, 0.5) is 0 Å². The number of nitrogens with one attached hydrogen (secondary N) is 1. The largest absolute Gasteiger partial charge is 0.496 e. The van der Waals surface area contributed by atoms with Crippen molar-refractivity contribution in [3.8, 4) is 5.75 Å². The van der Waals surface area contributed by atoms with Crippen LogP contribution in [-0.2, 0) is 17.8 Å². The average molecular weight is 379 g/mol. The van der Waals surface area contributed by atoms with Gasteiger partial charge in [0.2, 0.25) is 0 Å². The first-order valence-corrected chi connectivity index (χ1v) is 8.50. The lowest BCUT2D eigenvalue weighted by Gasteiger charge is -2.27. The highest BCUT2D eigenvalue weighted by molar-refractivity contribution is 5.85. The third kappa shape index (κ3) is 8.04. The van der Waals surface area contributed by atoms with Crippen LogP contribution in [0.2, 0.25) is 0 Å². The van der Waals surface area contributed by atoms with Gasteiger partial charge >= 0.3 is 0 Å². The molecule has 0 unspecified atom stereocenters. The Morgan fingerprint density at radius 2 is 1.92 bits per heavy atom. The highest BCUT2D eigenvalue weighted by Gasteiger charge is 2.13. The number of rotatable bonds is 9. The zero-order chi connectivity index (χ0) is 15.6. The van der Waals surface area contributed by atoms with Gasteiger partial charge in [0.25, 0.3) is 0 Å². The molecule has 0 saturated carbocycles. The van der Waals surface area contributed by atoms with E-state index in [0.29, 0.717) is 0 Å². The van der Waals surface area contributed by atoms with Gasteiger partial charge in [-0.25, -0.2) is 0 Å². The van der Waals surface area contributed by atoms with Crippen LogP contribution < -0.4 is 10.1 Å². The summed E-state index contributed by atoms with van der Waals surface area (Å²) in [6.07, 6.45) is 3.83. The number of halogens is 2. The van der Waals surface area contributed by atoms with Crippen LogP contribution in [0.5, 0.6) is 5.75 Å². The van der Waals surface area contributed by atoms with Crippen molar-refractivity contribution in [3.05, 3.63) is 29.3 Å². The lowest BCUT2D eigenvalue weighted by Crippen LogP contribution is -2.35. The van der Waals surface area contributed by atoms with Crippen molar-refractivity contribution in [2.75, 3.05) is 40.0 Å². The Bertz CT molecular complexity index is 441. The first-order chi connectivity index (χ1) is 10.8. The van der Waals surface area contributed by atoms with Gasteiger partial charge in [0.1, 0.15) is 5.75 Å². The van der Waals surface area contributed by atoms with Crippen LogP contribution in [-0.4, -0.2) is 44.9 Å².